The summed E-state index contributed by atoms with van der Waals surface area (Å²) in [6.07, 6.45) is 4.12. The van der Waals surface area contributed by atoms with Crippen LogP contribution >= 0.6 is 0 Å². The molecule has 0 aliphatic heterocycles. The summed E-state index contributed by atoms with van der Waals surface area (Å²) in [5.41, 5.74) is 3.30. The fraction of sp³-hybridized carbons (Fsp3) is 0.250. The first-order valence-corrected chi connectivity index (χ1v) is 7.49. The second-order valence-corrected chi connectivity index (χ2v) is 5.54. The van der Waals surface area contributed by atoms with E-state index >= 15 is 0 Å². The standard InChI is InChI=1S/C20H22O2/c1-15-9-13-18(14-10-15)19(20(21)22-3)16(2)11-12-17-7-5-4-6-8-17/h4-14,16,19H,1-3H3/b12-11+/t16-,19-/m0/s1. The highest BCUT2D eigenvalue weighted by Gasteiger charge is 2.26. The van der Waals surface area contributed by atoms with Crippen LogP contribution in [0.3, 0.4) is 0 Å². The molecule has 2 aromatic rings. The molecule has 2 heteroatoms. The maximum absolute atomic E-state index is 12.2. The van der Waals surface area contributed by atoms with Gasteiger partial charge < -0.3 is 4.74 Å². The monoisotopic (exact) mass is 294 g/mol. The molecular formula is C20H22O2. The third-order valence-electron chi connectivity index (χ3n) is 3.81. The number of methoxy groups -OCH3 is 1. The van der Waals surface area contributed by atoms with Crippen molar-refractivity contribution in [3.63, 3.8) is 0 Å². The Morgan fingerprint density at radius 2 is 1.68 bits per heavy atom. The minimum atomic E-state index is -0.287. The molecule has 0 aliphatic rings. The number of hydrogen-bond donors (Lipinski definition) is 0. The Balaban J connectivity index is 2.23. The van der Waals surface area contributed by atoms with Gasteiger partial charge in [0.25, 0.3) is 0 Å². The summed E-state index contributed by atoms with van der Waals surface area (Å²) in [4.78, 5) is 12.2. The van der Waals surface area contributed by atoms with Crippen molar-refractivity contribution in [3.05, 3.63) is 77.4 Å². The van der Waals surface area contributed by atoms with E-state index in [0.29, 0.717) is 0 Å². The summed E-state index contributed by atoms with van der Waals surface area (Å²) in [6.45, 7) is 4.08. The van der Waals surface area contributed by atoms with E-state index in [2.05, 4.69) is 12.2 Å². The van der Waals surface area contributed by atoms with Crippen molar-refractivity contribution in [2.75, 3.05) is 7.11 Å². The molecule has 0 saturated heterocycles. The van der Waals surface area contributed by atoms with E-state index in [4.69, 9.17) is 4.74 Å². The molecule has 0 saturated carbocycles. The summed E-state index contributed by atoms with van der Waals surface area (Å²) in [6, 6.07) is 18.1. The van der Waals surface area contributed by atoms with Gasteiger partial charge in [0, 0.05) is 0 Å². The van der Waals surface area contributed by atoms with Gasteiger partial charge >= 0.3 is 5.97 Å². The fourth-order valence-electron chi connectivity index (χ4n) is 2.49. The van der Waals surface area contributed by atoms with Gasteiger partial charge in [-0.2, -0.15) is 0 Å². The zero-order chi connectivity index (χ0) is 15.9. The Hall–Kier alpha value is -2.35. The Labute approximate surface area is 132 Å². The van der Waals surface area contributed by atoms with Crippen LogP contribution in [-0.4, -0.2) is 13.1 Å². The van der Waals surface area contributed by atoms with Gasteiger partial charge in [-0.3, -0.25) is 4.79 Å². The van der Waals surface area contributed by atoms with Gasteiger partial charge in [-0.1, -0.05) is 79.2 Å². The molecule has 2 rings (SSSR count). The lowest BCUT2D eigenvalue weighted by atomic mass is 9.86. The molecule has 0 spiro atoms. The first kappa shape index (κ1) is 16.0. The van der Waals surface area contributed by atoms with Crippen LogP contribution in [-0.2, 0) is 9.53 Å². The predicted molar refractivity (Wildman–Crippen MR) is 90.6 cm³/mol. The van der Waals surface area contributed by atoms with Crippen molar-refractivity contribution in [1.82, 2.24) is 0 Å². The van der Waals surface area contributed by atoms with Crippen LogP contribution in [0, 0.1) is 12.8 Å². The van der Waals surface area contributed by atoms with Crippen molar-refractivity contribution in [2.45, 2.75) is 19.8 Å². The first-order chi connectivity index (χ1) is 10.6. The number of benzene rings is 2. The third kappa shape index (κ3) is 4.08. The number of ether oxygens (including phenoxy) is 1. The molecule has 114 valence electrons. The van der Waals surface area contributed by atoms with E-state index in [1.807, 2.05) is 68.4 Å². The zero-order valence-electron chi connectivity index (χ0n) is 13.3. The van der Waals surface area contributed by atoms with Crippen molar-refractivity contribution in [3.8, 4) is 0 Å². The number of aryl methyl sites for hydroxylation is 1. The third-order valence-corrected chi connectivity index (χ3v) is 3.81. The molecule has 0 unspecified atom stereocenters. The van der Waals surface area contributed by atoms with Gasteiger partial charge in [0.15, 0.2) is 0 Å². The molecule has 0 radical (unpaired) electrons. The van der Waals surface area contributed by atoms with E-state index in [1.165, 1.54) is 12.7 Å². The van der Waals surface area contributed by atoms with Crippen LogP contribution < -0.4 is 0 Å². The smallest absolute Gasteiger partial charge is 0.313 e. The number of carbonyl (C=O) groups is 1. The number of hydrogen-bond acceptors (Lipinski definition) is 2. The predicted octanol–water partition coefficient (Wildman–Crippen LogP) is 4.60. The second-order valence-electron chi connectivity index (χ2n) is 5.54. The molecule has 2 aromatic carbocycles. The van der Waals surface area contributed by atoms with Crippen LogP contribution in [0.1, 0.15) is 29.5 Å². The Morgan fingerprint density at radius 1 is 1.05 bits per heavy atom. The molecule has 0 aromatic heterocycles. The quantitative estimate of drug-likeness (QED) is 0.753. The van der Waals surface area contributed by atoms with Crippen molar-refractivity contribution in [1.29, 1.82) is 0 Å². The summed E-state index contributed by atoms with van der Waals surface area (Å²) >= 11 is 0. The summed E-state index contributed by atoms with van der Waals surface area (Å²) in [5, 5.41) is 0. The van der Waals surface area contributed by atoms with E-state index in [0.717, 1.165) is 11.1 Å². The topological polar surface area (TPSA) is 26.3 Å². The van der Waals surface area contributed by atoms with Gasteiger partial charge in [-0.15, -0.1) is 0 Å². The average molecular weight is 294 g/mol. The SMILES string of the molecule is COC(=O)[C@H](c1ccc(C)cc1)[C@@H](C)/C=C/c1ccccc1. The van der Waals surface area contributed by atoms with Crippen molar-refractivity contribution < 1.29 is 9.53 Å². The maximum atomic E-state index is 12.2. The molecule has 0 fully saturated rings. The minimum absolute atomic E-state index is 0.0513. The molecule has 0 bridgehead atoms. The van der Waals surface area contributed by atoms with Crippen molar-refractivity contribution in [2.24, 2.45) is 5.92 Å². The Bertz CT molecular complexity index is 627. The highest BCUT2D eigenvalue weighted by atomic mass is 16.5. The highest BCUT2D eigenvalue weighted by molar-refractivity contribution is 5.79. The zero-order valence-corrected chi connectivity index (χ0v) is 13.3. The largest absolute Gasteiger partial charge is 0.469 e. The minimum Gasteiger partial charge on any atom is -0.469 e. The summed E-state index contributed by atoms with van der Waals surface area (Å²) in [7, 11) is 1.44. The fourth-order valence-corrected chi connectivity index (χ4v) is 2.49. The number of carbonyl (C=O) groups excluding carboxylic acids is 1. The molecule has 2 nitrogen and oxygen atoms in total. The van der Waals surface area contributed by atoms with Gasteiger partial charge in [0.05, 0.1) is 13.0 Å². The van der Waals surface area contributed by atoms with Gasteiger partial charge in [0.1, 0.15) is 0 Å². The second kappa shape index (κ2) is 7.60. The van der Waals surface area contributed by atoms with Gasteiger partial charge in [0.2, 0.25) is 0 Å². The van der Waals surface area contributed by atoms with Crippen LogP contribution in [0.25, 0.3) is 6.08 Å². The Kier molecular flexibility index (Phi) is 5.54. The summed E-state index contributed by atoms with van der Waals surface area (Å²) < 4.78 is 5.00. The van der Waals surface area contributed by atoms with Crippen LogP contribution in [0.5, 0.6) is 0 Å². The normalized spacial score (nSPS) is 13.8. The first-order valence-electron chi connectivity index (χ1n) is 7.49. The van der Waals surface area contributed by atoms with E-state index in [1.54, 1.807) is 0 Å². The van der Waals surface area contributed by atoms with Crippen LogP contribution in [0.2, 0.25) is 0 Å². The summed E-state index contributed by atoms with van der Waals surface area (Å²) in [5.74, 6) is -0.435. The molecule has 0 amide bonds. The van der Waals surface area contributed by atoms with E-state index in [9.17, 15) is 4.79 Å². The van der Waals surface area contributed by atoms with Crippen LogP contribution in [0.4, 0.5) is 0 Å². The lowest BCUT2D eigenvalue weighted by Gasteiger charge is -2.20. The molecule has 0 aliphatic carbocycles. The number of rotatable bonds is 5. The molecule has 2 atom stereocenters. The average Bonchev–Trinajstić information content (AvgIpc) is 2.55. The molecular weight excluding hydrogens is 272 g/mol. The van der Waals surface area contributed by atoms with Gasteiger partial charge in [-0.05, 0) is 24.0 Å². The Morgan fingerprint density at radius 3 is 2.27 bits per heavy atom. The van der Waals surface area contributed by atoms with Gasteiger partial charge in [-0.25, -0.2) is 0 Å². The van der Waals surface area contributed by atoms with Crippen LogP contribution in [0.15, 0.2) is 60.7 Å². The lowest BCUT2D eigenvalue weighted by molar-refractivity contribution is -0.143. The number of esters is 1. The van der Waals surface area contributed by atoms with E-state index < -0.39 is 0 Å². The molecule has 0 N–H and O–H groups in total. The highest BCUT2D eigenvalue weighted by Crippen LogP contribution is 2.28. The van der Waals surface area contributed by atoms with E-state index in [-0.39, 0.29) is 17.8 Å². The maximum Gasteiger partial charge on any atom is 0.313 e. The molecule has 22 heavy (non-hydrogen) atoms. The van der Waals surface area contributed by atoms with Crippen molar-refractivity contribution >= 4 is 12.0 Å². The number of allylic oxidation sites excluding steroid dienone is 1. The lowest BCUT2D eigenvalue weighted by Crippen LogP contribution is -2.20. The molecule has 0 heterocycles.